The highest BCUT2D eigenvalue weighted by Crippen LogP contribution is 2.01. The van der Waals surface area contributed by atoms with E-state index in [9.17, 15) is 4.79 Å². The van der Waals surface area contributed by atoms with Crippen molar-refractivity contribution in [3.05, 3.63) is 23.3 Å². The fourth-order valence-electron chi connectivity index (χ4n) is 0.502. The lowest BCUT2D eigenvalue weighted by Crippen LogP contribution is -1.89. The van der Waals surface area contributed by atoms with Crippen LogP contribution in [0.15, 0.2) is 23.3 Å². The summed E-state index contributed by atoms with van der Waals surface area (Å²) in [7, 11) is 0. The first-order chi connectivity index (χ1) is 5.07. The number of hydrogen-bond acceptors (Lipinski definition) is 1. The minimum atomic E-state index is 0.144. The molecule has 0 unspecified atom stereocenters. The van der Waals surface area contributed by atoms with E-state index in [4.69, 9.17) is 0 Å². The van der Waals surface area contributed by atoms with Gasteiger partial charge in [-0.2, -0.15) is 0 Å². The molecule has 11 heavy (non-hydrogen) atoms. The number of ketones is 1. The van der Waals surface area contributed by atoms with E-state index < -0.39 is 0 Å². The molecule has 1 nitrogen and oxygen atoms in total. The Hall–Kier alpha value is -0.850. The van der Waals surface area contributed by atoms with Gasteiger partial charge < -0.3 is 0 Å². The zero-order chi connectivity index (χ0) is 8.85. The highest BCUT2D eigenvalue weighted by Gasteiger charge is 1.92. The van der Waals surface area contributed by atoms with Crippen LogP contribution in [0.25, 0.3) is 0 Å². The molecule has 0 aliphatic heterocycles. The van der Waals surface area contributed by atoms with Gasteiger partial charge >= 0.3 is 0 Å². The minimum Gasteiger partial charge on any atom is -0.295 e. The molecule has 0 saturated carbocycles. The number of Topliss-reactive ketones (excluding diaryl/α,β-unsaturated/α-hetero) is 1. The monoisotopic (exact) mass is 152 g/mol. The smallest absolute Gasteiger partial charge is 0.155 e. The maximum atomic E-state index is 10.7. The molecule has 0 rings (SSSR count). The molecule has 0 aliphatic carbocycles. The van der Waals surface area contributed by atoms with Crippen LogP contribution >= 0.6 is 0 Å². The van der Waals surface area contributed by atoms with Crippen molar-refractivity contribution in [3.8, 4) is 0 Å². The van der Waals surface area contributed by atoms with Crippen LogP contribution < -0.4 is 0 Å². The number of allylic oxidation sites excluding steroid dienone is 4. The van der Waals surface area contributed by atoms with Crippen molar-refractivity contribution in [2.24, 2.45) is 0 Å². The molecule has 0 radical (unpaired) electrons. The van der Waals surface area contributed by atoms with E-state index in [2.05, 4.69) is 13.8 Å². The lowest BCUT2D eigenvalue weighted by Gasteiger charge is -1.92. The zero-order valence-electron chi connectivity index (χ0n) is 7.77. The van der Waals surface area contributed by atoms with E-state index in [1.807, 2.05) is 19.1 Å². The van der Waals surface area contributed by atoms with Crippen molar-refractivity contribution in [2.75, 3.05) is 0 Å². The summed E-state index contributed by atoms with van der Waals surface area (Å²) in [5.41, 5.74) is 2.11. The first kappa shape index (κ1) is 10.2. The summed E-state index contributed by atoms with van der Waals surface area (Å²) in [5.74, 6) is 0.144. The van der Waals surface area contributed by atoms with E-state index >= 15 is 0 Å². The molecular formula is C10H16O. The van der Waals surface area contributed by atoms with Crippen LogP contribution in [0.5, 0.6) is 0 Å². The summed E-state index contributed by atoms with van der Waals surface area (Å²) < 4.78 is 0. The summed E-state index contributed by atoms with van der Waals surface area (Å²) in [6, 6.07) is 0. The Balaban J connectivity index is 4.22. The zero-order valence-corrected chi connectivity index (χ0v) is 7.77. The van der Waals surface area contributed by atoms with Crippen LogP contribution in [0, 0.1) is 0 Å². The van der Waals surface area contributed by atoms with Gasteiger partial charge in [0.15, 0.2) is 5.78 Å². The summed E-state index contributed by atoms with van der Waals surface area (Å²) in [6.07, 6.45) is 4.92. The van der Waals surface area contributed by atoms with Gasteiger partial charge in [-0.25, -0.2) is 0 Å². The SMILES string of the molecule is CCC(C)=CC=C(C)C(C)=O. The van der Waals surface area contributed by atoms with E-state index in [1.54, 1.807) is 6.92 Å². The molecule has 1 heteroatoms. The van der Waals surface area contributed by atoms with Gasteiger partial charge in [-0.3, -0.25) is 4.79 Å². The predicted molar refractivity (Wildman–Crippen MR) is 48.5 cm³/mol. The average Bonchev–Trinajstić information content (AvgIpc) is 1.99. The third-order valence-electron chi connectivity index (χ3n) is 1.73. The molecule has 0 atom stereocenters. The molecule has 0 aliphatic rings. The average molecular weight is 152 g/mol. The summed E-state index contributed by atoms with van der Waals surface area (Å²) in [5, 5.41) is 0. The molecule has 0 N–H and O–H groups in total. The highest BCUT2D eigenvalue weighted by atomic mass is 16.1. The molecule has 0 heterocycles. The Morgan fingerprint density at radius 3 is 2.09 bits per heavy atom. The molecule has 0 aromatic carbocycles. The molecule has 0 spiro atoms. The Kier molecular flexibility index (Phi) is 4.51. The van der Waals surface area contributed by atoms with Gasteiger partial charge in [0.05, 0.1) is 0 Å². The van der Waals surface area contributed by atoms with Gasteiger partial charge in [0, 0.05) is 0 Å². The minimum absolute atomic E-state index is 0.144. The van der Waals surface area contributed by atoms with Gasteiger partial charge in [-0.15, -0.1) is 0 Å². The lowest BCUT2D eigenvalue weighted by atomic mass is 10.1. The largest absolute Gasteiger partial charge is 0.295 e. The summed E-state index contributed by atoms with van der Waals surface area (Å²) >= 11 is 0. The van der Waals surface area contributed by atoms with E-state index in [0.29, 0.717) is 0 Å². The van der Waals surface area contributed by atoms with Gasteiger partial charge in [0.2, 0.25) is 0 Å². The molecular weight excluding hydrogens is 136 g/mol. The maximum Gasteiger partial charge on any atom is 0.155 e. The fraction of sp³-hybridized carbons (Fsp3) is 0.500. The lowest BCUT2D eigenvalue weighted by molar-refractivity contribution is -0.113. The highest BCUT2D eigenvalue weighted by molar-refractivity contribution is 5.92. The van der Waals surface area contributed by atoms with Crippen LogP contribution in [-0.2, 0) is 4.79 Å². The Labute approximate surface area is 68.8 Å². The second kappa shape index (κ2) is 4.89. The van der Waals surface area contributed by atoms with Crippen LogP contribution in [-0.4, -0.2) is 5.78 Å². The number of hydrogen-bond donors (Lipinski definition) is 0. The first-order valence-electron chi connectivity index (χ1n) is 3.93. The molecule has 0 amide bonds. The molecule has 0 aromatic rings. The first-order valence-corrected chi connectivity index (χ1v) is 3.93. The number of rotatable bonds is 3. The molecule has 0 fully saturated rings. The Morgan fingerprint density at radius 2 is 1.73 bits per heavy atom. The molecule has 0 aromatic heterocycles. The van der Waals surface area contributed by atoms with Gasteiger partial charge in [0.25, 0.3) is 0 Å². The van der Waals surface area contributed by atoms with Gasteiger partial charge in [0.1, 0.15) is 0 Å². The molecule has 62 valence electrons. The van der Waals surface area contributed by atoms with Crippen molar-refractivity contribution in [2.45, 2.75) is 34.1 Å². The van der Waals surface area contributed by atoms with Crippen molar-refractivity contribution >= 4 is 5.78 Å². The van der Waals surface area contributed by atoms with Gasteiger partial charge in [-0.05, 0) is 32.8 Å². The predicted octanol–water partition coefficient (Wildman–Crippen LogP) is 2.88. The normalized spacial score (nSPS) is 13.5. The number of carbonyl (C=O) groups excluding carboxylic acids is 1. The maximum absolute atomic E-state index is 10.7. The third kappa shape index (κ3) is 4.54. The quantitative estimate of drug-likeness (QED) is 0.449. The summed E-state index contributed by atoms with van der Waals surface area (Å²) in [6.45, 7) is 7.58. The van der Waals surface area contributed by atoms with E-state index in [-0.39, 0.29) is 5.78 Å². The molecule has 0 bridgehead atoms. The van der Waals surface area contributed by atoms with Crippen LogP contribution in [0.2, 0.25) is 0 Å². The van der Waals surface area contributed by atoms with Crippen LogP contribution in [0.1, 0.15) is 34.1 Å². The summed E-state index contributed by atoms with van der Waals surface area (Å²) in [4.78, 5) is 10.7. The van der Waals surface area contributed by atoms with Crippen LogP contribution in [0.4, 0.5) is 0 Å². The van der Waals surface area contributed by atoms with E-state index in [1.165, 1.54) is 5.57 Å². The van der Waals surface area contributed by atoms with Crippen LogP contribution in [0.3, 0.4) is 0 Å². The standard InChI is InChI=1S/C10H16O/c1-5-8(2)6-7-9(3)10(4)11/h6-7H,5H2,1-4H3. The second-order valence-electron chi connectivity index (χ2n) is 2.77. The van der Waals surface area contributed by atoms with Gasteiger partial charge in [-0.1, -0.05) is 24.6 Å². The Morgan fingerprint density at radius 1 is 1.18 bits per heavy atom. The van der Waals surface area contributed by atoms with Crippen molar-refractivity contribution < 1.29 is 4.79 Å². The second-order valence-corrected chi connectivity index (χ2v) is 2.77. The van der Waals surface area contributed by atoms with Crippen molar-refractivity contribution in [1.82, 2.24) is 0 Å². The third-order valence-corrected chi connectivity index (χ3v) is 1.73. The van der Waals surface area contributed by atoms with E-state index in [0.717, 1.165) is 12.0 Å². The fourth-order valence-corrected chi connectivity index (χ4v) is 0.502. The van der Waals surface area contributed by atoms with Crippen molar-refractivity contribution in [1.29, 1.82) is 0 Å². The number of carbonyl (C=O) groups is 1. The Bertz CT molecular complexity index is 197. The van der Waals surface area contributed by atoms with Crippen molar-refractivity contribution in [3.63, 3.8) is 0 Å². The molecule has 0 saturated heterocycles. The topological polar surface area (TPSA) is 17.1 Å².